The van der Waals surface area contributed by atoms with Gasteiger partial charge in [0.1, 0.15) is 0 Å². The predicted molar refractivity (Wildman–Crippen MR) is 41.8 cm³/mol. The van der Waals surface area contributed by atoms with Crippen LogP contribution in [0.4, 0.5) is 0 Å². The Bertz CT molecular complexity index is 414. The Hall–Kier alpha value is -2.24. The maximum atomic E-state index is 10.5. The first-order valence-electron chi connectivity index (χ1n) is 3.41. The van der Waals surface area contributed by atoms with E-state index in [1.807, 2.05) is 0 Å². The Balaban J connectivity index is 3.53. The van der Waals surface area contributed by atoms with E-state index in [9.17, 15) is 19.2 Å². The van der Waals surface area contributed by atoms with Gasteiger partial charge in [0, 0.05) is 0 Å². The number of hydrogen-bond donors (Lipinski definition) is 1. The summed E-state index contributed by atoms with van der Waals surface area (Å²) in [7, 11) is 0. The van der Waals surface area contributed by atoms with E-state index in [2.05, 4.69) is 4.42 Å². The van der Waals surface area contributed by atoms with Crippen LogP contribution in [0.3, 0.4) is 0 Å². The molecule has 1 N–H and O–H groups in total. The molecule has 0 bridgehead atoms. The fourth-order valence-electron chi connectivity index (χ4n) is 0.960. The largest absolute Gasteiger partial charge is 0.475 e. The van der Waals surface area contributed by atoms with Gasteiger partial charge in [-0.3, -0.25) is 14.4 Å². The molecule has 0 aromatic carbocycles. The van der Waals surface area contributed by atoms with Gasteiger partial charge < -0.3 is 9.52 Å². The van der Waals surface area contributed by atoms with Crippen LogP contribution >= 0.6 is 0 Å². The fourth-order valence-corrected chi connectivity index (χ4v) is 0.960. The van der Waals surface area contributed by atoms with Crippen molar-refractivity contribution in [1.82, 2.24) is 0 Å². The molecule has 1 aromatic rings. The Morgan fingerprint density at radius 2 is 1.64 bits per heavy atom. The summed E-state index contributed by atoms with van der Waals surface area (Å²) >= 11 is 0. The fraction of sp³-hybridized carbons (Fsp3) is 0. The van der Waals surface area contributed by atoms with E-state index in [-0.39, 0.29) is 24.4 Å². The molecule has 0 amide bonds. The molecule has 0 aliphatic rings. The molecule has 0 spiro atoms. The lowest BCUT2D eigenvalue weighted by atomic mass is 10.1. The Morgan fingerprint density at radius 3 is 2.00 bits per heavy atom. The molecule has 1 rings (SSSR count). The van der Waals surface area contributed by atoms with E-state index in [0.29, 0.717) is 0 Å². The second-order valence-corrected chi connectivity index (χ2v) is 2.28. The Kier molecular flexibility index (Phi) is 2.57. The summed E-state index contributed by atoms with van der Waals surface area (Å²) < 4.78 is 4.51. The monoisotopic (exact) mass is 196 g/mol. The molecule has 0 radical (unpaired) electrons. The minimum atomic E-state index is -1.51. The Labute approximate surface area is 77.1 Å². The van der Waals surface area contributed by atoms with Gasteiger partial charge in [0.15, 0.2) is 24.6 Å². The minimum absolute atomic E-state index is 0.156. The van der Waals surface area contributed by atoms with Gasteiger partial charge in [0.2, 0.25) is 5.76 Å². The van der Waals surface area contributed by atoms with E-state index in [4.69, 9.17) is 5.11 Å². The standard InChI is InChI=1S/C8H4O6/c9-1-4-5(2-10)7(8(12)13)14-6(4)3-11/h1-3H,(H,12,13). The lowest BCUT2D eigenvalue weighted by Crippen LogP contribution is -1.99. The third-order valence-corrected chi connectivity index (χ3v) is 1.55. The number of rotatable bonds is 4. The number of carboxylic acid groups (broad SMARTS) is 1. The zero-order valence-electron chi connectivity index (χ0n) is 6.72. The number of aldehydes is 3. The van der Waals surface area contributed by atoms with Crippen LogP contribution in [-0.4, -0.2) is 29.9 Å². The molecular formula is C8H4O6. The highest BCUT2D eigenvalue weighted by molar-refractivity contribution is 6.04. The van der Waals surface area contributed by atoms with Crippen molar-refractivity contribution in [1.29, 1.82) is 0 Å². The topological polar surface area (TPSA) is 102 Å². The van der Waals surface area contributed by atoms with Crippen molar-refractivity contribution < 1.29 is 28.7 Å². The third kappa shape index (κ3) is 1.33. The molecule has 0 aliphatic heterocycles. The van der Waals surface area contributed by atoms with E-state index < -0.39 is 23.1 Å². The number of carbonyl (C=O) groups is 4. The molecule has 14 heavy (non-hydrogen) atoms. The number of furan rings is 1. The van der Waals surface area contributed by atoms with Gasteiger partial charge in [-0.05, 0) is 0 Å². The lowest BCUT2D eigenvalue weighted by molar-refractivity contribution is 0.0657. The van der Waals surface area contributed by atoms with E-state index >= 15 is 0 Å². The molecular weight excluding hydrogens is 192 g/mol. The van der Waals surface area contributed by atoms with Crippen LogP contribution in [0.25, 0.3) is 0 Å². The molecule has 0 aliphatic carbocycles. The predicted octanol–water partition coefficient (Wildman–Crippen LogP) is 0.415. The first-order chi connectivity index (χ1) is 6.65. The van der Waals surface area contributed by atoms with Crippen LogP contribution in [0.2, 0.25) is 0 Å². The molecule has 6 heteroatoms. The van der Waals surface area contributed by atoms with Crippen LogP contribution in [0, 0.1) is 0 Å². The van der Waals surface area contributed by atoms with E-state index in [0.717, 1.165) is 0 Å². The normalized spacial score (nSPS) is 9.43. The molecule has 0 atom stereocenters. The maximum Gasteiger partial charge on any atom is 0.372 e. The highest BCUT2D eigenvalue weighted by atomic mass is 16.4. The van der Waals surface area contributed by atoms with Gasteiger partial charge in [0.25, 0.3) is 0 Å². The smallest absolute Gasteiger partial charge is 0.372 e. The van der Waals surface area contributed by atoms with E-state index in [1.54, 1.807) is 0 Å². The third-order valence-electron chi connectivity index (χ3n) is 1.55. The number of carboxylic acids is 1. The van der Waals surface area contributed by atoms with Gasteiger partial charge in [-0.1, -0.05) is 0 Å². The minimum Gasteiger partial charge on any atom is -0.475 e. The van der Waals surface area contributed by atoms with Crippen LogP contribution in [0.1, 0.15) is 41.8 Å². The summed E-state index contributed by atoms with van der Waals surface area (Å²) in [5.74, 6) is -2.67. The van der Waals surface area contributed by atoms with Crippen molar-refractivity contribution in [2.24, 2.45) is 0 Å². The van der Waals surface area contributed by atoms with Crippen molar-refractivity contribution in [2.75, 3.05) is 0 Å². The number of hydrogen-bond acceptors (Lipinski definition) is 5. The molecule has 0 saturated heterocycles. The molecule has 72 valence electrons. The van der Waals surface area contributed by atoms with Crippen LogP contribution in [0.5, 0.6) is 0 Å². The van der Waals surface area contributed by atoms with Crippen molar-refractivity contribution >= 4 is 24.8 Å². The van der Waals surface area contributed by atoms with Gasteiger partial charge >= 0.3 is 5.97 Å². The van der Waals surface area contributed by atoms with Crippen molar-refractivity contribution in [3.63, 3.8) is 0 Å². The van der Waals surface area contributed by atoms with Crippen molar-refractivity contribution in [2.45, 2.75) is 0 Å². The second-order valence-electron chi connectivity index (χ2n) is 2.28. The van der Waals surface area contributed by atoms with Crippen molar-refractivity contribution in [3.8, 4) is 0 Å². The summed E-state index contributed by atoms with van der Waals surface area (Å²) in [6.45, 7) is 0. The highest BCUT2D eigenvalue weighted by Crippen LogP contribution is 2.18. The number of aromatic carboxylic acids is 1. The van der Waals surface area contributed by atoms with Crippen LogP contribution in [0.15, 0.2) is 4.42 Å². The summed E-state index contributed by atoms with van der Waals surface area (Å²) in [6.07, 6.45) is 0.524. The first kappa shape index (κ1) is 9.85. The Morgan fingerprint density at radius 1 is 1.07 bits per heavy atom. The molecule has 0 fully saturated rings. The molecule has 0 saturated carbocycles. The first-order valence-corrected chi connectivity index (χ1v) is 3.41. The lowest BCUT2D eigenvalue weighted by Gasteiger charge is -1.86. The molecule has 6 nitrogen and oxygen atoms in total. The van der Waals surface area contributed by atoms with Gasteiger partial charge in [-0.15, -0.1) is 0 Å². The maximum absolute atomic E-state index is 10.5. The van der Waals surface area contributed by atoms with Gasteiger partial charge in [-0.25, -0.2) is 4.79 Å². The average Bonchev–Trinajstić information content (AvgIpc) is 2.54. The SMILES string of the molecule is O=Cc1oc(C(=O)O)c(C=O)c1C=O. The quantitative estimate of drug-likeness (QED) is 0.700. The van der Waals surface area contributed by atoms with Gasteiger partial charge in [0.05, 0.1) is 11.1 Å². The molecule has 0 unspecified atom stereocenters. The zero-order valence-corrected chi connectivity index (χ0v) is 6.72. The van der Waals surface area contributed by atoms with Crippen molar-refractivity contribution in [3.05, 3.63) is 22.6 Å². The zero-order chi connectivity index (χ0) is 10.7. The second kappa shape index (κ2) is 3.65. The summed E-state index contributed by atoms with van der Waals surface area (Å²) in [6, 6.07) is 0. The summed E-state index contributed by atoms with van der Waals surface area (Å²) in [5, 5.41) is 8.54. The number of carbonyl (C=O) groups excluding carboxylic acids is 3. The van der Waals surface area contributed by atoms with Crippen LogP contribution < -0.4 is 0 Å². The molecule has 1 aromatic heterocycles. The average molecular weight is 196 g/mol. The van der Waals surface area contributed by atoms with E-state index in [1.165, 1.54) is 0 Å². The summed E-state index contributed by atoms with van der Waals surface area (Å²) in [5.41, 5.74) is -0.762. The molecule has 1 heterocycles. The van der Waals surface area contributed by atoms with Crippen LogP contribution in [-0.2, 0) is 0 Å². The summed E-state index contributed by atoms with van der Waals surface area (Å²) in [4.78, 5) is 41.7. The highest BCUT2D eigenvalue weighted by Gasteiger charge is 2.23. The van der Waals surface area contributed by atoms with Gasteiger partial charge in [-0.2, -0.15) is 0 Å².